The fourth-order valence-electron chi connectivity index (χ4n) is 3.29. The molecule has 1 aromatic carbocycles. The van der Waals surface area contributed by atoms with E-state index < -0.39 is 0 Å². The van der Waals surface area contributed by atoms with Crippen LogP contribution in [-0.4, -0.2) is 33.7 Å². The number of aromatic nitrogens is 2. The van der Waals surface area contributed by atoms with Crippen LogP contribution >= 0.6 is 0 Å². The van der Waals surface area contributed by atoms with Crippen molar-refractivity contribution < 1.29 is 4.79 Å². The van der Waals surface area contributed by atoms with E-state index in [0.717, 1.165) is 48.8 Å². The van der Waals surface area contributed by atoms with Crippen LogP contribution in [0, 0.1) is 19.8 Å². The maximum absolute atomic E-state index is 12.9. The van der Waals surface area contributed by atoms with Crippen LogP contribution < -0.4 is 0 Å². The number of carbonyl (C=O) groups excluding carboxylic acids is 1. The van der Waals surface area contributed by atoms with Crippen LogP contribution in [0.1, 0.15) is 47.1 Å². The molecule has 0 aliphatic carbocycles. The number of hydrogen-bond donors (Lipinski definition) is 0. The average molecular weight is 311 g/mol. The summed E-state index contributed by atoms with van der Waals surface area (Å²) < 4.78 is 1.95. The molecule has 1 aliphatic rings. The minimum atomic E-state index is 0.145. The van der Waals surface area contributed by atoms with E-state index >= 15 is 0 Å². The summed E-state index contributed by atoms with van der Waals surface area (Å²) in [6.45, 7) is 8.64. The molecular formula is C19H25N3O. The molecule has 1 fully saturated rings. The summed E-state index contributed by atoms with van der Waals surface area (Å²) in [5.41, 5.74) is 3.79. The number of benzene rings is 1. The smallest absolute Gasteiger partial charge is 0.257 e. The van der Waals surface area contributed by atoms with Gasteiger partial charge in [0, 0.05) is 18.8 Å². The Labute approximate surface area is 138 Å². The highest BCUT2D eigenvalue weighted by molar-refractivity contribution is 5.96. The maximum atomic E-state index is 12.9. The van der Waals surface area contributed by atoms with Crippen LogP contribution in [0.5, 0.6) is 0 Å². The lowest BCUT2D eigenvalue weighted by atomic mass is 9.98. The van der Waals surface area contributed by atoms with Gasteiger partial charge in [-0.05, 0) is 38.2 Å². The monoisotopic (exact) mass is 311 g/mol. The Kier molecular flexibility index (Phi) is 4.51. The van der Waals surface area contributed by atoms with Crippen LogP contribution in [-0.2, 0) is 6.54 Å². The van der Waals surface area contributed by atoms with Gasteiger partial charge in [0.2, 0.25) is 0 Å². The van der Waals surface area contributed by atoms with Crippen molar-refractivity contribution in [1.29, 1.82) is 0 Å². The first-order chi connectivity index (χ1) is 11.1. The summed E-state index contributed by atoms with van der Waals surface area (Å²) in [5, 5.41) is 4.61. The quantitative estimate of drug-likeness (QED) is 0.871. The topological polar surface area (TPSA) is 38.1 Å². The third kappa shape index (κ3) is 3.31. The highest BCUT2D eigenvalue weighted by Crippen LogP contribution is 2.22. The molecule has 1 saturated heterocycles. The van der Waals surface area contributed by atoms with Crippen molar-refractivity contribution in [2.45, 2.75) is 40.2 Å². The molecule has 3 rings (SSSR count). The molecule has 0 unspecified atom stereocenters. The summed E-state index contributed by atoms with van der Waals surface area (Å²) in [7, 11) is 0. The zero-order valence-corrected chi connectivity index (χ0v) is 14.2. The molecule has 2 heterocycles. The van der Waals surface area contributed by atoms with Crippen molar-refractivity contribution in [1.82, 2.24) is 14.7 Å². The SMILES string of the molecule is Cc1nn(Cc2ccccc2)c(C)c1C(=O)N1CCC(C)CC1. The average Bonchev–Trinajstić information content (AvgIpc) is 2.82. The van der Waals surface area contributed by atoms with Gasteiger partial charge in [-0.1, -0.05) is 37.3 Å². The van der Waals surface area contributed by atoms with Gasteiger partial charge in [0.25, 0.3) is 5.91 Å². The van der Waals surface area contributed by atoms with E-state index in [1.165, 1.54) is 5.56 Å². The second kappa shape index (κ2) is 6.57. The summed E-state index contributed by atoms with van der Waals surface area (Å²) in [6.07, 6.45) is 2.20. The predicted octanol–water partition coefficient (Wildman–Crippen LogP) is 3.42. The van der Waals surface area contributed by atoms with Crippen molar-refractivity contribution in [3.8, 4) is 0 Å². The second-order valence-corrected chi connectivity index (χ2v) is 6.66. The molecule has 0 spiro atoms. The first kappa shape index (κ1) is 15.8. The minimum absolute atomic E-state index is 0.145. The van der Waals surface area contributed by atoms with Crippen molar-refractivity contribution in [2.24, 2.45) is 5.92 Å². The predicted molar refractivity (Wildman–Crippen MR) is 91.5 cm³/mol. The van der Waals surface area contributed by atoms with Gasteiger partial charge < -0.3 is 4.90 Å². The van der Waals surface area contributed by atoms with Crippen LogP contribution in [0.25, 0.3) is 0 Å². The zero-order valence-electron chi connectivity index (χ0n) is 14.2. The van der Waals surface area contributed by atoms with Gasteiger partial charge in [-0.15, -0.1) is 0 Å². The number of carbonyl (C=O) groups is 1. The molecule has 1 aromatic heterocycles. The standard InChI is InChI=1S/C19H25N3O/c1-14-9-11-21(12-10-14)19(23)18-15(2)20-22(16(18)3)13-17-7-5-4-6-8-17/h4-8,14H,9-13H2,1-3H3. The summed E-state index contributed by atoms with van der Waals surface area (Å²) in [5.74, 6) is 0.869. The molecule has 23 heavy (non-hydrogen) atoms. The van der Waals surface area contributed by atoms with E-state index in [4.69, 9.17) is 0 Å². The Bertz CT molecular complexity index is 682. The van der Waals surface area contributed by atoms with Gasteiger partial charge in [-0.2, -0.15) is 5.10 Å². The van der Waals surface area contributed by atoms with Crippen LogP contribution in [0.15, 0.2) is 30.3 Å². The Morgan fingerprint density at radius 3 is 2.48 bits per heavy atom. The van der Waals surface area contributed by atoms with Crippen molar-refractivity contribution >= 4 is 5.91 Å². The van der Waals surface area contributed by atoms with Crippen LogP contribution in [0.2, 0.25) is 0 Å². The van der Waals surface area contributed by atoms with E-state index in [1.54, 1.807) is 0 Å². The molecule has 0 radical (unpaired) electrons. The van der Waals surface area contributed by atoms with E-state index in [1.807, 2.05) is 41.6 Å². The third-order valence-electron chi connectivity index (χ3n) is 4.84. The molecule has 0 atom stereocenters. The Morgan fingerprint density at radius 2 is 1.83 bits per heavy atom. The molecule has 0 saturated carbocycles. The minimum Gasteiger partial charge on any atom is -0.339 e. The highest BCUT2D eigenvalue weighted by atomic mass is 16.2. The second-order valence-electron chi connectivity index (χ2n) is 6.66. The molecular weight excluding hydrogens is 286 g/mol. The highest BCUT2D eigenvalue weighted by Gasteiger charge is 2.26. The summed E-state index contributed by atoms with van der Waals surface area (Å²) in [6, 6.07) is 10.2. The fraction of sp³-hybridized carbons (Fsp3) is 0.474. The molecule has 1 aliphatic heterocycles. The Hall–Kier alpha value is -2.10. The number of likely N-dealkylation sites (tertiary alicyclic amines) is 1. The zero-order chi connectivity index (χ0) is 16.4. The number of piperidine rings is 1. The Balaban J connectivity index is 1.81. The molecule has 4 heteroatoms. The molecule has 2 aromatic rings. The van der Waals surface area contributed by atoms with E-state index in [9.17, 15) is 4.79 Å². The van der Waals surface area contributed by atoms with Gasteiger partial charge >= 0.3 is 0 Å². The lowest BCUT2D eigenvalue weighted by Crippen LogP contribution is -2.38. The van der Waals surface area contributed by atoms with Gasteiger partial charge in [0.1, 0.15) is 0 Å². The largest absolute Gasteiger partial charge is 0.339 e. The van der Waals surface area contributed by atoms with Gasteiger partial charge in [0.15, 0.2) is 0 Å². The number of nitrogens with zero attached hydrogens (tertiary/aromatic N) is 3. The number of rotatable bonds is 3. The number of aryl methyl sites for hydroxylation is 1. The van der Waals surface area contributed by atoms with Gasteiger partial charge in [-0.25, -0.2) is 0 Å². The number of hydrogen-bond acceptors (Lipinski definition) is 2. The van der Waals surface area contributed by atoms with E-state index in [0.29, 0.717) is 6.54 Å². The fourth-order valence-corrected chi connectivity index (χ4v) is 3.29. The molecule has 4 nitrogen and oxygen atoms in total. The molecule has 1 amide bonds. The molecule has 0 N–H and O–H groups in total. The first-order valence-electron chi connectivity index (χ1n) is 8.43. The number of amides is 1. The van der Waals surface area contributed by atoms with Crippen molar-refractivity contribution in [3.05, 3.63) is 52.8 Å². The van der Waals surface area contributed by atoms with Crippen molar-refractivity contribution in [3.63, 3.8) is 0 Å². The van der Waals surface area contributed by atoms with Gasteiger partial charge in [-0.3, -0.25) is 9.48 Å². The first-order valence-corrected chi connectivity index (χ1v) is 8.43. The summed E-state index contributed by atoms with van der Waals surface area (Å²) >= 11 is 0. The van der Waals surface area contributed by atoms with Crippen LogP contribution in [0.3, 0.4) is 0 Å². The van der Waals surface area contributed by atoms with E-state index in [-0.39, 0.29) is 5.91 Å². The maximum Gasteiger partial charge on any atom is 0.257 e. The molecule has 122 valence electrons. The third-order valence-corrected chi connectivity index (χ3v) is 4.84. The lowest BCUT2D eigenvalue weighted by Gasteiger charge is -2.30. The van der Waals surface area contributed by atoms with Crippen LogP contribution in [0.4, 0.5) is 0 Å². The normalized spacial score (nSPS) is 15.9. The van der Waals surface area contributed by atoms with Crippen molar-refractivity contribution in [2.75, 3.05) is 13.1 Å². The lowest BCUT2D eigenvalue weighted by molar-refractivity contribution is 0.0695. The Morgan fingerprint density at radius 1 is 1.17 bits per heavy atom. The van der Waals surface area contributed by atoms with E-state index in [2.05, 4.69) is 24.2 Å². The van der Waals surface area contributed by atoms with Gasteiger partial charge in [0.05, 0.1) is 17.8 Å². The summed E-state index contributed by atoms with van der Waals surface area (Å²) in [4.78, 5) is 14.9. The molecule has 0 bridgehead atoms.